The number of nitriles is 1. The third kappa shape index (κ3) is 1.48. The van der Waals surface area contributed by atoms with Crippen LogP contribution < -0.4 is 0 Å². The minimum Gasteiger partial charge on any atom is -0.278 e. The van der Waals surface area contributed by atoms with Crippen LogP contribution in [0.3, 0.4) is 0 Å². The molecule has 3 nitrogen and oxygen atoms in total. The summed E-state index contributed by atoms with van der Waals surface area (Å²) in [6.45, 7) is 0. The van der Waals surface area contributed by atoms with Gasteiger partial charge in [-0.3, -0.25) is 5.10 Å². The highest BCUT2D eigenvalue weighted by molar-refractivity contribution is 6.33. The molecule has 2 rings (SSSR count). The van der Waals surface area contributed by atoms with Gasteiger partial charge in [0, 0.05) is 11.8 Å². The maximum Gasteiger partial charge on any atom is 0.0992 e. The van der Waals surface area contributed by atoms with Crippen LogP contribution in [-0.2, 0) is 0 Å². The van der Waals surface area contributed by atoms with Crippen LogP contribution in [0.15, 0.2) is 30.5 Å². The molecule has 0 aliphatic rings. The van der Waals surface area contributed by atoms with E-state index in [0.29, 0.717) is 10.6 Å². The lowest BCUT2D eigenvalue weighted by molar-refractivity contribution is 1.10. The first-order valence-corrected chi connectivity index (χ1v) is 4.38. The normalized spacial score (nSPS) is 9.71. The molecule has 2 aromatic rings. The second-order valence-corrected chi connectivity index (χ2v) is 3.18. The van der Waals surface area contributed by atoms with Gasteiger partial charge in [0.05, 0.1) is 22.3 Å². The zero-order valence-corrected chi connectivity index (χ0v) is 7.92. The van der Waals surface area contributed by atoms with Crippen molar-refractivity contribution < 1.29 is 0 Å². The topological polar surface area (TPSA) is 52.5 Å². The van der Waals surface area contributed by atoms with Crippen LogP contribution in [0.5, 0.6) is 0 Å². The summed E-state index contributed by atoms with van der Waals surface area (Å²) in [4.78, 5) is 0. The van der Waals surface area contributed by atoms with Gasteiger partial charge < -0.3 is 0 Å². The van der Waals surface area contributed by atoms with E-state index in [4.69, 9.17) is 16.9 Å². The summed E-state index contributed by atoms with van der Waals surface area (Å²) in [6.07, 6.45) is 1.66. The quantitative estimate of drug-likeness (QED) is 0.775. The van der Waals surface area contributed by atoms with Gasteiger partial charge in [0.25, 0.3) is 0 Å². The Kier molecular flexibility index (Phi) is 2.21. The van der Waals surface area contributed by atoms with Crippen molar-refractivity contribution in [1.82, 2.24) is 10.2 Å². The van der Waals surface area contributed by atoms with Crippen molar-refractivity contribution in [3.63, 3.8) is 0 Å². The van der Waals surface area contributed by atoms with Gasteiger partial charge in [-0.05, 0) is 18.2 Å². The van der Waals surface area contributed by atoms with Gasteiger partial charge in [-0.15, -0.1) is 0 Å². The Balaban J connectivity index is 2.52. The summed E-state index contributed by atoms with van der Waals surface area (Å²) in [6, 6.07) is 9.02. The van der Waals surface area contributed by atoms with Crippen molar-refractivity contribution in [2.75, 3.05) is 0 Å². The van der Waals surface area contributed by atoms with Crippen LogP contribution >= 0.6 is 11.6 Å². The van der Waals surface area contributed by atoms with E-state index in [0.717, 1.165) is 11.3 Å². The Bertz CT molecular complexity index is 483. The zero-order chi connectivity index (χ0) is 9.97. The van der Waals surface area contributed by atoms with Crippen molar-refractivity contribution in [3.8, 4) is 17.3 Å². The first-order chi connectivity index (χ1) is 6.81. The summed E-state index contributed by atoms with van der Waals surface area (Å²) in [5, 5.41) is 15.9. The Morgan fingerprint density at radius 2 is 2.21 bits per heavy atom. The molecular weight excluding hydrogens is 198 g/mol. The molecule has 0 saturated carbocycles. The van der Waals surface area contributed by atoms with Crippen LogP contribution in [0.2, 0.25) is 5.02 Å². The Morgan fingerprint density at radius 1 is 1.36 bits per heavy atom. The molecule has 0 amide bonds. The van der Waals surface area contributed by atoms with Gasteiger partial charge in [-0.1, -0.05) is 17.7 Å². The van der Waals surface area contributed by atoms with Crippen LogP contribution in [0.25, 0.3) is 11.3 Å². The SMILES string of the molecule is N#Cc1ccc(-c2ccn[nH]2)c(Cl)c1. The van der Waals surface area contributed by atoms with E-state index >= 15 is 0 Å². The molecule has 0 fully saturated rings. The summed E-state index contributed by atoms with van der Waals surface area (Å²) < 4.78 is 0. The molecule has 14 heavy (non-hydrogen) atoms. The van der Waals surface area contributed by atoms with Crippen LogP contribution in [-0.4, -0.2) is 10.2 Å². The molecule has 0 radical (unpaired) electrons. The van der Waals surface area contributed by atoms with Gasteiger partial charge in [0.2, 0.25) is 0 Å². The predicted octanol–water partition coefficient (Wildman–Crippen LogP) is 2.60. The van der Waals surface area contributed by atoms with Crippen LogP contribution in [0.4, 0.5) is 0 Å². The summed E-state index contributed by atoms with van der Waals surface area (Å²) in [7, 11) is 0. The molecular formula is C10H6ClN3. The third-order valence-electron chi connectivity index (χ3n) is 1.89. The van der Waals surface area contributed by atoms with Crippen LogP contribution in [0.1, 0.15) is 5.56 Å². The highest BCUT2D eigenvalue weighted by Gasteiger charge is 2.04. The number of H-pyrrole nitrogens is 1. The van der Waals surface area contributed by atoms with Crippen LogP contribution in [0, 0.1) is 11.3 Å². The van der Waals surface area contributed by atoms with E-state index in [-0.39, 0.29) is 0 Å². The monoisotopic (exact) mass is 203 g/mol. The summed E-state index contributed by atoms with van der Waals surface area (Å²) in [5.74, 6) is 0. The zero-order valence-electron chi connectivity index (χ0n) is 7.16. The van der Waals surface area contributed by atoms with Gasteiger partial charge in [0.15, 0.2) is 0 Å². The van der Waals surface area contributed by atoms with Gasteiger partial charge in [0.1, 0.15) is 0 Å². The number of benzene rings is 1. The van der Waals surface area contributed by atoms with E-state index in [2.05, 4.69) is 10.2 Å². The van der Waals surface area contributed by atoms with Crippen molar-refractivity contribution in [2.24, 2.45) is 0 Å². The fourth-order valence-electron chi connectivity index (χ4n) is 1.21. The Labute approximate surface area is 85.9 Å². The van der Waals surface area contributed by atoms with Gasteiger partial charge in [-0.25, -0.2) is 0 Å². The molecule has 1 aromatic carbocycles. The lowest BCUT2D eigenvalue weighted by Crippen LogP contribution is -1.82. The molecule has 0 atom stereocenters. The third-order valence-corrected chi connectivity index (χ3v) is 2.20. The maximum absolute atomic E-state index is 8.65. The molecule has 0 spiro atoms. The first-order valence-electron chi connectivity index (χ1n) is 4.00. The molecule has 1 heterocycles. The number of aromatic nitrogens is 2. The Morgan fingerprint density at radius 3 is 2.79 bits per heavy atom. The number of nitrogens with one attached hydrogen (secondary N) is 1. The number of halogens is 1. The Hall–Kier alpha value is -1.79. The largest absolute Gasteiger partial charge is 0.278 e. The van der Waals surface area contributed by atoms with E-state index in [1.54, 1.807) is 24.4 Å². The number of hydrogen-bond donors (Lipinski definition) is 1. The molecule has 1 aromatic heterocycles. The second-order valence-electron chi connectivity index (χ2n) is 2.78. The van der Waals surface area contributed by atoms with E-state index in [1.807, 2.05) is 12.1 Å². The number of aromatic amines is 1. The average molecular weight is 204 g/mol. The standard InChI is InChI=1S/C10H6ClN3/c11-9-5-7(6-12)1-2-8(9)10-3-4-13-14-10/h1-5H,(H,13,14). The van der Waals surface area contributed by atoms with Crippen molar-refractivity contribution >= 4 is 11.6 Å². The first kappa shape index (κ1) is 8.79. The molecule has 1 N–H and O–H groups in total. The molecule has 4 heteroatoms. The van der Waals surface area contributed by atoms with Gasteiger partial charge >= 0.3 is 0 Å². The lowest BCUT2D eigenvalue weighted by atomic mass is 10.1. The number of nitrogens with zero attached hydrogens (tertiary/aromatic N) is 2. The van der Waals surface area contributed by atoms with Crippen molar-refractivity contribution in [1.29, 1.82) is 5.26 Å². The smallest absolute Gasteiger partial charge is 0.0992 e. The fraction of sp³-hybridized carbons (Fsp3) is 0. The van der Waals surface area contributed by atoms with Crippen molar-refractivity contribution in [2.45, 2.75) is 0 Å². The second kappa shape index (κ2) is 3.52. The maximum atomic E-state index is 8.65. The highest BCUT2D eigenvalue weighted by atomic mass is 35.5. The van der Waals surface area contributed by atoms with Gasteiger partial charge in [-0.2, -0.15) is 10.4 Å². The minimum absolute atomic E-state index is 0.549. The highest BCUT2D eigenvalue weighted by Crippen LogP contribution is 2.26. The molecule has 68 valence electrons. The molecule has 0 aliphatic heterocycles. The average Bonchev–Trinajstić information content (AvgIpc) is 2.70. The van der Waals surface area contributed by atoms with Crippen molar-refractivity contribution in [3.05, 3.63) is 41.0 Å². The molecule has 0 aliphatic carbocycles. The number of hydrogen-bond acceptors (Lipinski definition) is 2. The molecule has 0 saturated heterocycles. The fourth-order valence-corrected chi connectivity index (χ4v) is 1.49. The predicted molar refractivity (Wildman–Crippen MR) is 53.7 cm³/mol. The summed E-state index contributed by atoms with van der Waals surface area (Å²) in [5.41, 5.74) is 2.25. The van der Waals surface area contributed by atoms with E-state index in [1.165, 1.54) is 0 Å². The summed E-state index contributed by atoms with van der Waals surface area (Å²) >= 11 is 6.00. The number of rotatable bonds is 1. The molecule has 0 unspecified atom stereocenters. The van der Waals surface area contributed by atoms with E-state index < -0.39 is 0 Å². The minimum atomic E-state index is 0.549. The lowest BCUT2D eigenvalue weighted by Gasteiger charge is -2.00. The van der Waals surface area contributed by atoms with E-state index in [9.17, 15) is 0 Å². The molecule has 0 bridgehead atoms.